The number of hydrogen-bond acceptors (Lipinski definition) is 4. The molecule has 5 heteroatoms. The molecular weight excluding hydrogens is 191 g/mol. The lowest BCUT2D eigenvalue weighted by molar-refractivity contribution is -0.0599. The molecule has 2 N–H and O–H groups in total. The second-order valence-corrected chi connectivity index (χ2v) is 3.57. The van der Waals surface area contributed by atoms with Crippen LogP contribution in [0.2, 0.25) is 0 Å². The zero-order valence-electron chi connectivity index (χ0n) is 7.36. The fourth-order valence-corrected chi connectivity index (χ4v) is 1.71. The summed E-state index contributed by atoms with van der Waals surface area (Å²) in [5.74, 6) is 2.39. The van der Waals surface area contributed by atoms with Gasteiger partial charge in [0.1, 0.15) is 0 Å². The van der Waals surface area contributed by atoms with Crippen LogP contribution in [0.15, 0.2) is 0 Å². The van der Waals surface area contributed by atoms with Crippen molar-refractivity contribution in [3.8, 4) is 12.3 Å². The Kier molecular flexibility index (Phi) is 3.66. The van der Waals surface area contributed by atoms with E-state index in [1.807, 2.05) is 6.92 Å². The van der Waals surface area contributed by atoms with E-state index in [2.05, 4.69) is 5.92 Å². The molecule has 0 saturated carbocycles. The SMILES string of the molecule is C#C[C@]1(COPO)OC(C)C[C@@H]1O. The molecule has 74 valence electrons. The fourth-order valence-electron chi connectivity index (χ4n) is 1.43. The zero-order valence-corrected chi connectivity index (χ0v) is 8.36. The Morgan fingerprint density at radius 3 is 2.92 bits per heavy atom. The average molecular weight is 204 g/mol. The van der Waals surface area contributed by atoms with Gasteiger partial charge in [0.25, 0.3) is 0 Å². The molecule has 1 aliphatic rings. The van der Waals surface area contributed by atoms with Gasteiger partial charge in [0.15, 0.2) is 14.6 Å². The average Bonchev–Trinajstić information content (AvgIpc) is 2.38. The number of aliphatic hydroxyl groups is 1. The molecule has 0 radical (unpaired) electrons. The van der Waals surface area contributed by atoms with E-state index in [0.29, 0.717) is 6.42 Å². The lowest BCUT2D eigenvalue weighted by Gasteiger charge is -2.25. The van der Waals surface area contributed by atoms with Crippen LogP contribution in [0.25, 0.3) is 0 Å². The van der Waals surface area contributed by atoms with E-state index in [4.69, 9.17) is 20.6 Å². The van der Waals surface area contributed by atoms with Crippen LogP contribution in [0.3, 0.4) is 0 Å². The Morgan fingerprint density at radius 2 is 2.54 bits per heavy atom. The summed E-state index contributed by atoms with van der Waals surface area (Å²) in [6.45, 7) is 1.87. The van der Waals surface area contributed by atoms with Gasteiger partial charge in [-0.05, 0) is 6.92 Å². The van der Waals surface area contributed by atoms with Crippen molar-refractivity contribution in [2.24, 2.45) is 0 Å². The first kappa shape index (κ1) is 10.9. The van der Waals surface area contributed by atoms with Crippen molar-refractivity contribution in [1.29, 1.82) is 0 Å². The van der Waals surface area contributed by atoms with E-state index >= 15 is 0 Å². The van der Waals surface area contributed by atoms with Crippen molar-refractivity contribution in [2.45, 2.75) is 31.2 Å². The van der Waals surface area contributed by atoms with E-state index in [9.17, 15) is 5.11 Å². The Hall–Kier alpha value is -0.170. The lowest BCUT2D eigenvalue weighted by atomic mass is 9.99. The molecule has 0 spiro atoms. The van der Waals surface area contributed by atoms with Gasteiger partial charge in [0, 0.05) is 6.42 Å². The Labute approximate surface area is 79.2 Å². The summed E-state index contributed by atoms with van der Waals surface area (Å²) in [6, 6.07) is 0. The Balaban J connectivity index is 2.64. The smallest absolute Gasteiger partial charge is 0.177 e. The van der Waals surface area contributed by atoms with Crippen molar-refractivity contribution >= 4 is 9.03 Å². The Morgan fingerprint density at radius 1 is 1.85 bits per heavy atom. The molecule has 4 nitrogen and oxygen atoms in total. The van der Waals surface area contributed by atoms with Crippen LogP contribution < -0.4 is 0 Å². The second-order valence-electron chi connectivity index (χ2n) is 3.09. The van der Waals surface area contributed by atoms with Crippen molar-refractivity contribution in [2.75, 3.05) is 6.61 Å². The topological polar surface area (TPSA) is 58.9 Å². The van der Waals surface area contributed by atoms with Gasteiger partial charge in [0.05, 0.1) is 18.8 Å². The quantitative estimate of drug-likeness (QED) is 0.503. The maximum Gasteiger partial charge on any atom is 0.177 e. The van der Waals surface area contributed by atoms with Gasteiger partial charge in [-0.2, -0.15) is 0 Å². The predicted molar refractivity (Wildman–Crippen MR) is 49.2 cm³/mol. The van der Waals surface area contributed by atoms with E-state index in [-0.39, 0.29) is 12.7 Å². The third-order valence-corrected chi connectivity index (χ3v) is 2.37. The highest BCUT2D eigenvalue weighted by Crippen LogP contribution is 2.31. The van der Waals surface area contributed by atoms with E-state index in [0.717, 1.165) is 0 Å². The van der Waals surface area contributed by atoms with Crippen molar-refractivity contribution in [1.82, 2.24) is 0 Å². The molecule has 0 bridgehead atoms. The summed E-state index contributed by atoms with van der Waals surface area (Å²) < 4.78 is 10.2. The molecule has 0 aromatic heterocycles. The molecule has 1 saturated heterocycles. The lowest BCUT2D eigenvalue weighted by Crippen LogP contribution is -2.41. The first-order chi connectivity index (χ1) is 6.14. The number of aliphatic hydroxyl groups excluding tert-OH is 1. The highest BCUT2D eigenvalue weighted by atomic mass is 31.1. The van der Waals surface area contributed by atoms with Gasteiger partial charge in [-0.15, -0.1) is 6.42 Å². The zero-order chi connectivity index (χ0) is 9.90. The van der Waals surface area contributed by atoms with Crippen molar-refractivity contribution in [3.05, 3.63) is 0 Å². The summed E-state index contributed by atoms with van der Waals surface area (Å²) in [4.78, 5) is 8.49. The summed E-state index contributed by atoms with van der Waals surface area (Å²) in [5.41, 5.74) is -1.07. The molecule has 2 unspecified atom stereocenters. The molecule has 4 atom stereocenters. The second kappa shape index (κ2) is 4.36. The number of rotatable bonds is 3. The highest BCUT2D eigenvalue weighted by molar-refractivity contribution is 7.24. The third-order valence-electron chi connectivity index (χ3n) is 2.10. The van der Waals surface area contributed by atoms with Crippen LogP contribution in [0.4, 0.5) is 0 Å². The van der Waals surface area contributed by atoms with E-state index in [1.165, 1.54) is 0 Å². The molecule has 0 aromatic rings. The summed E-state index contributed by atoms with van der Waals surface area (Å²) >= 11 is 0. The molecule has 0 amide bonds. The third kappa shape index (κ3) is 2.19. The minimum absolute atomic E-state index is 0.0317. The molecule has 1 fully saturated rings. The van der Waals surface area contributed by atoms with Crippen LogP contribution in [0, 0.1) is 12.3 Å². The summed E-state index contributed by atoms with van der Waals surface area (Å²) in [7, 11) is -0.637. The minimum atomic E-state index is -1.07. The van der Waals surface area contributed by atoms with Crippen LogP contribution in [0.5, 0.6) is 0 Å². The molecule has 13 heavy (non-hydrogen) atoms. The number of hydrogen-bond donors (Lipinski definition) is 2. The van der Waals surface area contributed by atoms with Gasteiger partial charge < -0.3 is 19.3 Å². The van der Waals surface area contributed by atoms with Crippen LogP contribution >= 0.6 is 9.03 Å². The molecule has 1 aliphatic heterocycles. The van der Waals surface area contributed by atoms with E-state index < -0.39 is 20.7 Å². The monoisotopic (exact) mass is 204 g/mol. The number of ether oxygens (including phenoxy) is 1. The Bertz CT molecular complexity index is 215. The van der Waals surface area contributed by atoms with Crippen LogP contribution in [-0.2, 0) is 9.26 Å². The van der Waals surface area contributed by atoms with Gasteiger partial charge in [0.2, 0.25) is 0 Å². The molecule has 1 rings (SSSR count). The van der Waals surface area contributed by atoms with Crippen LogP contribution in [-0.4, -0.2) is 34.4 Å². The standard InChI is InChI=1S/C8H13O4P/c1-3-8(5-11-13-10)7(9)4-6(2)12-8/h1,6-7,9-10,13H,4-5H2,2H3/t6?,7-,8+/m0/s1. The fraction of sp³-hybridized carbons (Fsp3) is 0.750. The summed E-state index contributed by atoms with van der Waals surface area (Å²) in [5, 5.41) is 9.61. The maximum absolute atomic E-state index is 9.61. The predicted octanol–water partition coefficient (Wildman–Crippen LogP) is 0.0455. The minimum Gasteiger partial charge on any atom is -0.389 e. The molecular formula is C8H13O4P. The van der Waals surface area contributed by atoms with E-state index in [1.54, 1.807) is 0 Å². The first-order valence-electron chi connectivity index (χ1n) is 3.99. The van der Waals surface area contributed by atoms with Gasteiger partial charge in [-0.1, -0.05) is 5.92 Å². The maximum atomic E-state index is 9.61. The first-order valence-corrected chi connectivity index (χ1v) is 4.84. The largest absolute Gasteiger partial charge is 0.389 e. The van der Waals surface area contributed by atoms with Gasteiger partial charge in [-0.25, -0.2) is 0 Å². The normalized spacial score (nSPS) is 39.8. The van der Waals surface area contributed by atoms with Gasteiger partial charge >= 0.3 is 0 Å². The number of terminal acetylenes is 1. The van der Waals surface area contributed by atoms with Gasteiger partial charge in [-0.3, -0.25) is 0 Å². The van der Waals surface area contributed by atoms with Crippen molar-refractivity contribution < 1.29 is 19.3 Å². The molecule has 0 aliphatic carbocycles. The highest BCUT2D eigenvalue weighted by Gasteiger charge is 2.45. The van der Waals surface area contributed by atoms with Crippen LogP contribution in [0.1, 0.15) is 13.3 Å². The molecule has 1 heterocycles. The summed E-state index contributed by atoms with van der Waals surface area (Å²) in [6.07, 6.45) is 4.98. The van der Waals surface area contributed by atoms with Crippen molar-refractivity contribution in [3.63, 3.8) is 0 Å². The molecule has 0 aromatic carbocycles.